The average Bonchev–Trinajstić information content (AvgIpc) is 3.00. The molecular weight excluding hydrogens is 330 g/mol. The van der Waals surface area contributed by atoms with Crippen LogP contribution >= 0.6 is 0 Å². The van der Waals surface area contributed by atoms with Gasteiger partial charge in [0.15, 0.2) is 5.84 Å². The fourth-order valence-corrected chi connectivity index (χ4v) is 3.64. The number of rotatable bonds is 3. The fraction of sp³-hybridized carbons (Fsp3) is 0.444. The van der Waals surface area contributed by atoms with Crippen LogP contribution in [0.3, 0.4) is 0 Å². The summed E-state index contributed by atoms with van der Waals surface area (Å²) < 4.78 is 1.87. The normalized spacial score (nSPS) is 17.0. The molecule has 1 aliphatic heterocycles. The van der Waals surface area contributed by atoms with E-state index in [0.29, 0.717) is 17.4 Å². The van der Waals surface area contributed by atoms with E-state index in [-0.39, 0.29) is 11.7 Å². The van der Waals surface area contributed by atoms with Crippen molar-refractivity contribution in [3.8, 4) is 0 Å². The quantitative estimate of drug-likeness (QED) is 0.571. The SMILES string of the molecule is CN=C(NC)C(=N)C(=NC)N1CCC(n2c(=O)[nH]c3ccccc32)CC1. The molecule has 1 aliphatic rings. The smallest absolute Gasteiger partial charge is 0.326 e. The molecule has 0 spiro atoms. The molecule has 0 aliphatic carbocycles. The van der Waals surface area contributed by atoms with E-state index in [2.05, 4.69) is 25.2 Å². The molecular formula is C18H25N7O. The largest absolute Gasteiger partial charge is 0.372 e. The first kappa shape index (κ1) is 17.9. The van der Waals surface area contributed by atoms with E-state index in [0.717, 1.165) is 37.0 Å². The van der Waals surface area contributed by atoms with Crippen LogP contribution in [-0.4, -0.2) is 66.1 Å². The van der Waals surface area contributed by atoms with Crippen molar-refractivity contribution >= 4 is 28.4 Å². The predicted octanol–water partition coefficient (Wildman–Crippen LogP) is 1.26. The third kappa shape index (κ3) is 3.14. The number of H-pyrrole nitrogens is 1. The molecule has 0 unspecified atom stereocenters. The number of piperidine rings is 1. The summed E-state index contributed by atoms with van der Waals surface area (Å²) >= 11 is 0. The number of imidazole rings is 1. The van der Waals surface area contributed by atoms with Gasteiger partial charge in [-0.2, -0.15) is 0 Å². The minimum absolute atomic E-state index is 0.0580. The third-order valence-electron chi connectivity index (χ3n) is 4.89. The summed E-state index contributed by atoms with van der Waals surface area (Å²) in [6.07, 6.45) is 1.65. The molecule has 1 aromatic carbocycles. The zero-order valence-corrected chi connectivity index (χ0v) is 15.4. The van der Waals surface area contributed by atoms with Crippen molar-refractivity contribution in [2.75, 3.05) is 34.2 Å². The van der Waals surface area contributed by atoms with Crippen LogP contribution in [0.15, 0.2) is 39.0 Å². The van der Waals surface area contributed by atoms with Crippen molar-refractivity contribution in [2.24, 2.45) is 9.98 Å². The van der Waals surface area contributed by atoms with Gasteiger partial charge in [0.05, 0.1) is 11.0 Å². The van der Waals surface area contributed by atoms with Gasteiger partial charge in [-0.1, -0.05) is 12.1 Å². The van der Waals surface area contributed by atoms with Gasteiger partial charge >= 0.3 is 5.69 Å². The molecule has 8 heteroatoms. The molecule has 2 heterocycles. The Morgan fingerprint density at radius 3 is 2.54 bits per heavy atom. The van der Waals surface area contributed by atoms with E-state index >= 15 is 0 Å². The maximum atomic E-state index is 12.4. The molecule has 3 rings (SSSR count). The fourth-order valence-electron chi connectivity index (χ4n) is 3.64. The number of nitrogens with zero attached hydrogens (tertiary/aromatic N) is 4. The maximum Gasteiger partial charge on any atom is 0.326 e. The van der Waals surface area contributed by atoms with Crippen LogP contribution in [0.4, 0.5) is 0 Å². The van der Waals surface area contributed by atoms with Gasteiger partial charge in [0.1, 0.15) is 11.5 Å². The van der Waals surface area contributed by atoms with E-state index in [4.69, 9.17) is 5.41 Å². The lowest BCUT2D eigenvalue weighted by Gasteiger charge is -2.34. The van der Waals surface area contributed by atoms with E-state index < -0.39 is 0 Å². The molecule has 0 radical (unpaired) electrons. The van der Waals surface area contributed by atoms with Crippen LogP contribution in [0.25, 0.3) is 11.0 Å². The highest BCUT2D eigenvalue weighted by Gasteiger charge is 2.27. The van der Waals surface area contributed by atoms with Gasteiger partial charge in [-0.25, -0.2) is 4.79 Å². The van der Waals surface area contributed by atoms with Crippen molar-refractivity contribution in [1.82, 2.24) is 19.8 Å². The molecule has 138 valence electrons. The second-order valence-corrected chi connectivity index (χ2v) is 6.28. The Balaban J connectivity index is 1.77. The van der Waals surface area contributed by atoms with Gasteiger partial charge < -0.3 is 15.2 Å². The van der Waals surface area contributed by atoms with Crippen molar-refractivity contribution in [1.29, 1.82) is 5.41 Å². The van der Waals surface area contributed by atoms with Crippen LogP contribution in [0.1, 0.15) is 18.9 Å². The Morgan fingerprint density at radius 2 is 1.92 bits per heavy atom. The predicted molar refractivity (Wildman–Crippen MR) is 106 cm³/mol. The van der Waals surface area contributed by atoms with E-state index in [1.165, 1.54) is 0 Å². The lowest BCUT2D eigenvalue weighted by molar-refractivity contribution is 0.269. The number of likely N-dealkylation sites (tertiary alicyclic amines) is 1. The maximum absolute atomic E-state index is 12.4. The first-order valence-electron chi connectivity index (χ1n) is 8.75. The highest BCUT2D eigenvalue weighted by atomic mass is 16.1. The number of aliphatic imine (C=N–C) groups is 2. The van der Waals surface area contributed by atoms with Crippen LogP contribution in [-0.2, 0) is 0 Å². The Kier molecular flexibility index (Phi) is 5.20. The van der Waals surface area contributed by atoms with Gasteiger partial charge in [-0.05, 0) is 25.0 Å². The summed E-state index contributed by atoms with van der Waals surface area (Å²) in [7, 11) is 5.10. The van der Waals surface area contributed by atoms with Crippen molar-refractivity contribution < 1.29 is 0 Å². The van der Waals surface area contributed by atoms with Crippen LogP contribution in [0.5, 0.6) is 0 Å². The van der Waals surface area contributed by atoms with Crippen LogP contribution in [0.2, 0.25) is 0 Å². The zero-order valence-electron chi connectivity index (χ0n) is 15.4. The molecule has 0 bridgehead atoms. The Labute approximate surface area is 152 Å². The minimum atomic E-state index is -0.0580. The number of para-hydroxylation sites is 2. The number of aromatic amines is 1. The summed E-state index contributed by atoms with van der Waals surface area (Å²) in [5.41, 5.74) is 2.05. The number of fused-ring (bicyclic) bond motifs is 1. The molecule has 3 N–H and O–H groups in total. The molecule has 1 aromatic heterocycles. The summed E-state index contributed by atoms with van der Waals surface area (Å²) in [4.78, 5) is 25.8. The highest BCUT2D eigenvalue weighted by molar-refractivity contribution is 6.66. The van der Waals surface area contributed by atoms with Crippen LogP contribution in [0, 0.1) is 5.41 Å². The molecule has 1 fully saturated rings. The average molecular weight is 355 g/mol. The second-order valence-electron chi connectivity index (χ2n) is 6.28. The first-order valence-corrected chi connectivity index (χ1v) is 8.75. The number of hydrogen-bond donors (Lipinski definition) is 3. The monoisotopic (exact) mass is 355 g/mol. The lowest BCUT2D eigenvalue weighted by atomic mass is 10.0. The molecule has 0 saturated carbocycles. The molecule has 8 nitrogen and oxygen atoms in total. The third-order valence-corrected chi connectivity index (χ3v) is 4.89. The molecule has 2 aromatic rings. The summed E-state index contributed by atoms with van der Waals surface area (Å²) in [6, 6.07) is 7.93. The standard InChI is InChI=1S/C18H25N7O/c1-20-16(21-2)15(19)17(22-3)24-10-8-12(9-11-24)25-14-7-5-4-6-13(14)23-18(25)26/h4-7,12,19H,8-11H2,1-3H3,(H,20,21)(H,23,26). The molecule has 26 heavy (non-hydrogen) atoms. The number of nitrogens with one attached hydrogen (secondary N) is 3. The number of benzene rings is 1. The Hall–Kier alpha value is -2.90. The van der Waals surface area contributed by atoms with Gasteiger partial charge in [0.25, 0.3) is 0 Å². The number of amidine groups is 2. The number of hydrogen-bond acceptors (Lipinski definition) is 4. The lowest BCUT2D eigenvalue weighted by Crippen LogP contribution is -2.47. The molecule has 1 saturated heterocycles. The van der Waals surface area contributed by atoms with Gasteiger partial charge in [0, 0.05) is 40.3 Å². The molecule has 0 amide bonds. The number of aromatic nitrogens is 2. The Morgan fingerprint density at radius 1 is 1.23 bits per heavy atom. The van der Waals surface area contributed by atoms with E-state index in [1.54, 1.807) is 21.1 Å². The highest BCUT2D eigenvalue weighted by Crippen LogP contribution is 2.25. The van der Waals surface area contributed by atoms with E-state index in [9.17, 15) is 4.79 Å². The summed E-state index contributed by atoms with van der Waals surface area (Å²) in [5, 5.41) is 11.3. The molecule has 0 atom stereocenters. The minimum Gasteiger partial charge on any atom is -0.372 e. The van der Waals surface area contributed by atoms with Crippen molar-refractivity contribution in [2.45, 2.75) is 18.9 Å². The van der Waals surface area contributed by atoms with Gasteiger partial charge in [-0.15, -0.1) is 0 Å². The van der Waals surface area contributed by atoms with E-state index in [1.807, 2.05) is 28.8 Å². The topological polar surface area (TPSA) is 102 Å². The second kappa shape index (κ2) is 7.55. The summed E-state index contributed by atoms with van der Waals surface area (Å²) in [5.74, 6) is 1.14. The first-order chi connectivity index (χ1) is 12.6. The van der Waals surface area contributed by atoms with Crippen molar-refractivity contribution in [3.05, 3.63) is 34.7 Å². The zero-order chi connectivity index (χ0) is 18.7. The van der Waals surface area contributed by atoms with Crippen molar-refractivity contribution in [3.63, 3.8) is 0 Å². The van der Waals surface area contributed by atoms with Gasteiger partial charge in [0.2, 0.25) is 0 Å². The van der Waals surface area contributed by atoms with Gasteiger partial charge in [-0.3, -0.25) is 20.0 Å². The van der Waals surface area contributed by atoms with Crippen LogP contribution < -0.4 is 11.0 Å². The Bertz CT molecular complexity index is 913. The summed E-state index contributed by atoms with van der Waals surface area (Å²) in [6.45, 7) is 1.48.